The Labute approximate surface area is 139 Å². The lowest BCUT2D eigenvalue weighted by molar-refractivity contribution is -0.120. The minimum Gasteiger partial charge on any atom is -0.354 e. The van der Waals surface area contributed by atoms with Crippen molar-refractivity contribution in [2.45, 2.75) is 31.7 Å². The lowest BCUT2D eigenvalue weighted by atomic mass is 10.1. The molecule has 3 rings (SSSR count). The number of benzene rings is 1. The maximum Gasteiger partial charge on any atom is 0.226 e. The first kappa shape index (κ1) is 16.1. The third-order valence-electron chi connectivity index (χ3n) is 3.92. The molecule has 1 aliphatic heterocycles. The zero-order valence-electron chi connectivity index (χ0n) is 12.8. The van der Waals surface area contributed by atoms with E-state index in [1.54, 1.807) is 12.1 Å². The largest absolute Gasteiger partial charge is 0.354 e. The molecule has 0 aliphatic carbocycles. The summed E-state index contributed by atoms with van der Waals surface area (Å²) in [6.07, 6.45) is 3.28. The van der Waals surface area contributed by atoms with E-state index in [9.17, 15) is 9.18 Å². The number of thiazole rings is 1. The Kier molecular flexibility index (Phi) is 5.35. The Morgan fingerprint density at radius 3 is 2.96 bits per heavy atom. The van der Waals surface area contributed by atoms with Crippen LogP contribution in [0.25, 0.3) is 0 Å². The zero-order valence-corrected chi connectivity index (χ0v) is 13.7. The monoisotopic (exact) mass is 333 g/mol. The van der Waals surface area contributed by atoms with Crippen LogP contribution in [0.2, 0.25) is 0 Å². The number of nitrogens with one attached hydrogen (secondary N) is 2. The van der Waals surface area contributed by atoms with E-state index in [-0.39, 0.29) is 11.7 Å². The summed E-state index contributed by atoms with van der Waals surface area (Å²) in [5, 5.41) is 9.18. The molecule has 2 aromatic rings. The predicted molar refractivity (Wildman–Crippen MR) is 89.1 cm³/mol. The molecule has 1 aliphatic rings. The van der Waals surface area contributed by atoms with Crippen LogP contribution in [0.4, 0.5) is 4.39 Å². The Morgan fingerprint density at radius 1 is 1.39 bits per heavy atom. The number of hydrogen-bond acceptors (Lipinski definition) is 4. The van der Waals surface area contributed by atoms with Gasteiger partial charge in [0.15, 0.2) is 0 Å². The zero-order chi connectivity index (χ0) is 16.1. The molecule has 2 heterocycles. The smallest absolute Gasteiger partial charge is 0.226 e. The molecule has 1 aromatic heterocycles. The molecule has 4 nitrogen and oxygen atoms in total. The SMILES string of the molecule is O=C(Cc1csc(Cc2ccc(F)cc2)n1)NCC1CCCN1. The van der Waals surface area contributed by atoms with E-state index in [1.165, 1.54) is 29.9 Å². The van der Waals surface area contributed by atoms with Gasteiger partial charge in [0, 0.05) is 24.4 Å². The van der Waals surface area contributed by atoms with Crippen LogP contribution in [0, 0.1) is 5.82 Å². The third kappa shape index (κ3) is 4.84. The van der Waals surface area contributed by atoms with E-state index in [2.05, 4.69) is 15.6 Å². The Hall–Kier alpha value is -1.79. The number of aromatic nitrogens is 1. The van der Waals surface area contributed by atoms with E-state index in [0.29, 0.717) is 25.4 Å². The topological polar surface area (TPSA) is 54.0 Å². The van der Waals surface area contributed by atoms with Crippen molar-refractivity contribution in [2.75, 3.05) is 13.1 Å². The molecule has 2 N–H and O–H groups in total. The average Bonchev–Trinajstić information content (AvgIpc) is 3.20. The molecule has 0 radical (unpaired) electrons. The fourth-order valence-electron chi connectivity index (χ4n) is 2.68. The van der Waals surface area contributed by atoms with Gasteiger partial charge >= 0.3 is 0 Å². The van der Waals surface area contributed by atoms with Crippen LogP contribution in [0.3, 0.4) is 0 Å². The number of amides is 1. The molecule has 1 fully saturated rings. The quantitative estimate of drug-likeness (QED) is 0.853. The second kappa shape index (κ2) is 7.66. The van der Waals surface area contributed by atoms with Gasteiger partial charge in [-0.2, -0.15) is 0 Å². The number of carbonyl (C=O) groups excluding carboxylic acids is 1. The highest BCUT2D eigenvalue weighted by atomic mass is 32.1. The highest BCUT2D eigenvalue weighted by Gasteiger charge is 2.15. The highest BCUT2D eigenvalue weighted by Crippen LogP contribution is 2.15. The summed E-state index contributed by atoms with van der Waals surface area (Å²) in [6.45, 7) is 1.73. The lowest BCUT2D eigenvalue weighted by Crippen LogP contribution is -2.37. The van der Waals surface area contributed by atoms with Crippen molar-refractivity contribution in [3.8, 4) is 0 Å². The molecular weight excluding hydrogens is 313 g/mol. The number of carbonyl (C=O) groups is 1. The van der Waals surface area contributed by atoms with Gasteiger partial charge in [0.25, 0.3) is 0 Å². The minimum absolute atomic E-state index is 0.0114. The lowest BCUT2D eigenvalue weighted by Gasteiger charge is -2.10. The fourth-order valence-corrected chi connectivity index (χ4v) is 3.51. The summed E-state index contributed by atoms with van der Waals surface area (Å²) in [5.74, 6) is -0.223. The van der Waals surface area contributed by atoms with Crippen LogP contribution in [0.5, 0.6) is 0 Å². The van der Waals surface area contributed by atoms with Crippen LogP contribution in [0.1, 0.15) is 29.1 Å². The van der Waals surface area contributed by atoms with Crippen LogP contribution in [-0.2, 0) is 17.6 Å². The van der Waals surface area contributed by atoms with Gasteiger partial charge in [-0.05, 0) is 37.1 Å². The maximum absolute atomic E-state index is 12.9. The second-order valence-corrected chi connectivity index (χ2v) is 6.75. The van der Waals surface area contributed by atoms with Gasteiger partial charge in [0.2, 0.25) is 5.91 Å². The van der Waals surface area contributed by atoms with Crippen molar-refractivity contribution in [3.63, 3.8) is 0 Å². The van der Waals surface area contributed by atoms with Crippen molar-refractivity contribution in [3.05, 3.63) is 51.7 Å². The Morgan fingerprint density at radius 2 is 2.22 bits per heavy atom. The highest BCUT2D eigenvalue weighted by molar-refractivity contribution is 7.09. The summed E-state index contributed by atoms with van der Waals surface area (Å²) in [6, 6.07) is 6.83. The Bertz CT molecular complexity index is 650. The molecule has 0 bridgehead atoms. The number of rotatable bonds is 6. The van der Waals surface area contributed by atoms with Crippen LogP contribution < -0.4 is 10.6 Å². The molecule has 23 heavy (non-hydrogen) atoms. The van der Waals surface area contributed by atoms with Crippen LogP contribution in [0.15, 0.2) is 29.6 Å². The van der Waals surface area contributed by atoms with E-state index < -0.39 is 0 Å². The minimum atomic E-state index is -0.234. The van der Waals surface area contributed by atoms with Gasteiger partial charge in [-0.3, -0.25) is 4.79 Å². The number of hydrogen-bond donors (Lipinski definition) is 2. The molecular formula is C17H20FN3OS. The van der Waals surface area contributed by atoms with Gasteiger partial charge in [-0.1, -0.05) is 12.1 Å². The van der Waals surface area contributed by atoms with Crippen LogP contribution in [-0.4, -0.2) is 30.0 Å². The number of nitrogens with zero attached hydrogens (tertiary/aromatic N) is 1. The fraction of sp³-hybridized carbons (Fsp3) is 0.412. The maximum atomic E-state index is 12.9. The molecule has 0 spiro atoms. The first-order valence-electron chi connectivity index (χ1n) is 7.87. The standard InChI is InChI=1S/C17H20FN3OS/c18-13-5-3-12(4-6-13)8-17-21-15(11-23-17)9-16(22)20-10-14-2-1-7-19-14/h3-6,11,14,19H,1-2,7-10H2,(H,20,22). The molecule has 6 heteroatoms. The first-order chi connectivity index (χ1) is 11.2. The normalized spacial score (nSPS) is 17.3. The van der Waals surface area contributed by atoms with E-state index in [4.69, 9.17) is 0 Å². The molecule has 1 aromatic carbocycles. The van der Waals surface area contributed by atoms with Crippen molar-refractivity contribution in [1.29, 1.82) is 0 Å². The summed E-state index contributed by atoms with van der Waals surface area (Å²) >= 11 is 1.54. The van der Waals surface area contributed by atoms with Crippen molar-refractivity contribution in [1.82, 2.24) is 15.6 Å². The van der Waals surface area contributed by atoms with Crippen LogP contribution >= 0.6 is 11.3 Å². The summed E-state index contributed by atoms with van der Waals surface area (Å²) in [4.78, 5) is 16.5. The van der Waals surface area contributed by atoms with Crippen molar-refractivity contribution >= 4 is 17.2 Å². The van der Waals surface area contributed by atoms with Gasteiger partial charge in [-0.25, -0.2) is 9.37 Å². The molecule has 0 saturated carbocycles. The summed E-state index contributed by atoms with van der Waals surface area (Å²) < 4.78 is 12.9. The van der Waals surface area contributed by atoms with Crippen molar-refractivity contribution in [2.24, 2.45) is 0 Å². The van der Waals surface area contributed by atoms with Gasteiger partial charge in [0.05, 0.1) is 17.1 Å². The number of halogens is 1. The predicted octanol–water partition coefficient (Wildman–Crippen LogP) is 2.28. The third-order valence-corrected chi connectivity index (χ3v) is 4.82. The molecule has 1 unspecified atom stereocenters. The van der Waals surface area contributed by atoms with Gasteiger partial charge in [0.1, 0.15) is 5.82 Å². The van der Waals surface area contributed by atoms with Crippen molar-refractivity contribution < 1.29 is 9.18 Å². The summed E-state index contributed by atoms with van der Waals surface area (Å²) in [7, 11) is 0. The molecule has 122 valence electrons. The summed E-state index contributed by atoms with van der Waals surface area (Å²) in [5.41, 5.74) is 1.81. The van der Waals surface area contributed by atoms with E-state index in [0.717, 1.165) is 29.2 Å². The van der Waals surface area contributed by atoms with Gasteiger partial charge < -0.3 is 10.6 Å². The molecule has 1 saturated heterocycles. The second-order valence-electron chi connectivity index (χ2n) is 5.81. The van der Waals surface area contributed by atoms with E-state index >= 15 is 0 Å². The van der Waals surface area contributed by atoms with Gasteiger partial charge in [-0.15, -0.1) is 11.3 Å². The average molecular weight is 333 g/mol. The molecule has 1 amide bonds. The molecule has 1 atom stereocenters. The van der Waals surface area contributed by atoms with E-state index in [1.807, 2.05) is 5.38 Å². The Balaban J connectivity index is 1.48. The first-order valence-corrected chi connectivity index (χ1v) is 8.75.